The molecule has 0 fully saturated rings. The smallest absolute Gasteiger partial charge is 0.174 e. The second-order valence-corrected chi connectivity index (χ2v) is 7.77. The molecule has 0 unspecified atom stereocenters. The number of thioether (sulfide) groups is 1. The van der Waals surface area contributed by atoms with E-state index in [1.807, 2.05) is 19.9 Å². The van der Waals surface area contributed by atoms with Crippen molar-refractivity contribution < 1.29 is 4.79 Å². The van der Waals surface area contributed by atoms with Gasteiger partial charge in [0.25, 0.3) is 0 Å². The number of carbonyl (C=O) groups excluding carboxylic acids is 1. The molecule has 0 aliphatic heterocycles. The second-order valence-electron chi connectivity index (χ2n) is 5.26. The molecule has 0 N–H and O–H groups in total. The summed E-state index contributed by atoms with van der Waals surface area (Å²) in [4.78, 5) is 15.7. The van der Waals surface area contributed by atoms with E-state index in [4.69, 9.17) is 0 Å². The molecule has 0 atom stereocenters. The highest BCUT2D eigenvalue weighted by molar-refractivity contribution is 8.00. The number of Topliss-reactive ketones (excluding diaryl/α,β-unsaturated/α-hetero) is 1. The van der Waals surface area contributed by atoms with Crippen molar-refractivity contribution in [1.82, 2.24) is 0 Å². The van der Waals surface area contributed by atoms with Crippen molar-refractivity contribution in [2.75, 3.05) is 5.75 Å². The number of hydrogen-bond donors (Lipinski definition) is 0. The average Bonchev–Trinajstić information content (AvgIpc) is 2.75. The lowest BCUT2D eigenvalue weighted by atomic mass is 10.0. The standard InChI is InChI=1S/C17H20OS2/c1-11(2)14-5-7-15(8-6-14)19-10-17(18)16-9-12(3)20-13(16)4/h5-9,11H,10H2,1-4H3. The van der Waals surface area contributed by atoms with E-state index in [-0.39, 0.29) is 5.78 Å². The van der Waals surface area contributed by atoms with Crippen LogP contribution in [0.3, 0.4) is 0 Å². The van der Waals surface area contributed by atoms with Gasteiger partial charge in [-0.1, -0.05) is 26.0 Å². The van der Waals surface area contributed by atoms with Gasteiger partial charge >= 0.3 is 0 Å². The Morgan fingerprint density at radius 2 is 1.85 bits per heavy atom. The van der Waals surface area contributed by atoms with Crippen LogP contribution in [0.4, 0.5) is 0 Å². The Bertz CT molecular complexity index is 594. The van der Waals surface area contributed by atoms with Crippen molar-refractivity contribution in [3.05, 3.63) is 51.2 Å². The molecule has 2 aromatic rings. The molecule has 0 aliphatic rings. The topological polar surface area (TPSA) is 17.1 Å². The van der Waals surface area contributed by atoms with Gasteiger partial charge in [-0.25, -0.2) is 0 Å². The van der Waals surface area contributed by atoms with Crippen LogP contribution in [0, 0.1) is 13.8 Å². The fourth-order valence-corrected chi connectivity index (χ4v) is 3.81. The summed E-state index contributed by atoms with van der Waals surface area (Å²) in [6.45, 7) is 8.44. The number of aryl methyl sites for hydroxylation is 2. The summed E-state index contributed by atoms with van der Waals surface area (Å²) in [7, 11) is 0. The zero-order chi connectivity index (χ0) is 14.7. The maximum atomic E-state index is 12.2. The number of thiophene rings is 1. The third-order valence-electron chi connectivity index (χ3n) is 3.26. The van der Waals surface area contributed by atoms with Crippen LogP contribution in [0.5, 0.6) is 0 Å². The summed E-state index contributed by atoms with van der Waals surface area (Å²) < 4.78 is 0. The van der Waals surface area contributed by atoms with Crippen molar-refractivity contribution in [2.45, 2.75) is 38.5 Å². The number of benzene rings is 1. The molecule has 1 aromatic carbocycles. The van der Waals surface area contributed by atoms with Crippen molar-refractivity contribution in [2.24, 2.45) is 0 Å². The van der Waals surface area contributed by atoms with Crippen LogP contribution < -0.4 is 0 Å². The highest BCUT2D eigenvalue weighted by atomic mass is 32.2. The normalized spacial score (nSPS) is 11.1. The molecule has 0 amide bonds. The minimum atomic E-state index is 0.227. The number of ketones is 1. The zero-order valence-electron chi connectivity index (χ0n) is 12.4. The summed E-state index contributed by atoms with van der Waals surface area (Å²) in [5.41, 5.74) is 2.23. The molecule has 0 aliphatic carbocycles. The van der Waals surface area contributed by atoms with Crippen molar-refractivity contribution in [3.63, 3.8) is 0 Å². The highest BCUT2D eigenvalue weighted by Gasteiger charge is 2.12. The molecule has 2 rings (SSSR count). The lowest BCUT2D eigenvalue weighted by molar-refractivity contribution is 0.102. The van der Waals surface area contributed by atoms with Crippen LogP contribution in [-0.4, -0.2) is 11.5 Å². The van der Waals surface area contributed by atoms with Crippen molar-refractivity contribution >= 4 is 28.9 Å². The Morgan fingerprint density at radius 3 is 2.35 bits per heavy atom. The van der Waals surface area contributed by atoms with Crippen LogP contribution in [0.15, 0.2) is 35.2 Å². The second kappa shape index (κ2) is 6.59. The first-order chi connectivity index (χ1) is 9.47. The van der Waals surface area contributed by atoms with Gasteiger partial charge in [0, 0.05) is 20.2 Å². The Kier molecular flexibility index (Phi) is 5.06. The Labute approximate surface area is 129 Å². The molecule has 0 spiro atoms. The molecular weight excluding hydrogens is 284 g/mol. The molecule has 1 heterocycles. The van der Waals surface area contributed by atoms with Crippen LogP contribution in [-0.2, 0) is 0 Å². The Balaban J connectivity index is 1.98. The van der Waals surface area contributed by atoms with E-state index in [9.17, 15) is 4.79 Å². The van der Waals surface area contributed by atoms with E-state index in [1.165, 1.54) is 10.4 Å². The lowest BCUT2D eigenvalue weighted by Crippen LogP contribution is -2.02. The molecule has 0 bridgehead atoms. The summed E-state index contributed by atoms with van der Waals surface area (Å²) in [5.74, 6) is 1.29. The summed E-state index contributed by atoms with van der Waals surface area (Å²) in [5, 5.41) is 0. The van der Waals surface area contributed by atoms with Crippen LogP contribution in [0.1, 0.15) is 45.4 Å². The lowest BCUT2D eigenvalue weighted by Gasteiger charge is -2.06. The van der Waals surface area contributed by atoms with Gasteiger partial charge in [-0.2, -0.15) is 0 Å². The summed E-state index contributed by atoms with van der Waals surface area (Å²) >= 11 is 3.31. The van der Waals surface area contributed by atoms with Gasteiger partial charge in [0.05, 0.1) is 5.75 Å². The highest BCUT2D eigenvalue weighted by Crippen LogP contribution is 2.25. The van der Waals surface area contributed by atoms with E-state index in [2.05, 4.69) is 38.1 Å². The Hall–Kier alpha value is -1.06. The predicted octanol–water partition coefficient (Wildman–Crippen LogP) is 5.46. The van der Waals surface area contributed by atoms with Gasteiger partial charge in [0.15, 0.2) is 5.78 Å². The Morgan fingerprint density at radius 1 is 1.20 bits per heavy atom. The van der Waals surface area contributed by atoms with Crippen molar-refractivity contribution in [3.8, 4) is 0 Å². The van der Waals surface area contributed by atoms with E-state index < -0.39 is 0 Å². The first kappa shape index (κ1) is 15.3. The molecule has 106 valence electrons. The average molecular weight is 304 g/mol. The fraction of sp³-hybridized carbons (Fsp3) is 0.353. The molecule has 0 saturated carbocycles. The number of hydrogen-bond acceptors (Lipinski definition) is 3. The van der Waals surface area contributed by atoms with Gasteiger partial charge < -0.3 is 0 Å². The predicted molar refractivity (Wildman–Crippen MR) is 89.4 cm³/mol. The van der Waals surface area contributed by atoms with Crippen LogP contribution in [0.2, 0.25) is 0 Å². The number of rotatable bonds is 5. The van der Waals surface area contributed by atoms with Gasteiger partial charge in [0.1, 0.15) is 0 Å². The van der Waals surface area contributed by atoms with Gasteiger partial charge in [-0.05, 0) is 43.5 Å². The third kappa shape index (κ3) is 3.74. The monoisotopic (exact) mass is 304 g/mol. The number of carbonyl (C=O) groups is 1. The maximum absolute atomic E-state index is 12.2. The zero-order valence-corrected chi connectivity index (χ0v) is 14.0. The van der Waals surface area contributed by atoms with E-state index in [0.717, 1.165) is 15.3 Å². The molecule has 20 heavy (non-hydrogen) atoms. The molecule has 0 radical (unpaired) electrons. The first-order valence-electron chi connectivity index (χ1n) is 6.80. The molecular formula is C17H20OS2. The molecule has 3 heteroatoms. The molecule has 1 nitrogen and oxygen atoms in total. The maximum Gasteiger partial charge on any atom is 0.174 e. The van der Waals surface area contributed by atoms with E-state index >= 15 is 0 Å². The quantitative estimate of drug-likeness (QED) is 0.538. The van der Waals surface area contributed by atoms with E-state index in [0.29, 0.717) is 11.7 Å². The van der Waals surface area contributed by atoms with E-state index in [1.54, 1.807) is 23.1 Å². The van der Waals surface area contributed by atoms with Crippen LogP contribution in [0.25, 0.3) is 0 Å². The summed E-state index contributed by atoms with van der Waals surface area (Å²) in [6, 6.07) is 10.5. The van der Waals surface area contributed by atoms with Crippen LogP contribution >= 0.6 is 23.1 Å². The third-order valence-corrected chi connectivity index (χ3v) is 5.24. The van der Waals surface area contributed by atoms with Crippen molar-refractivity contribution in [1.29, 1.82) is 0 Å². The van der Waals surface area contributed by atoms with Gasteiger partial charge in [-0.15, -0.1) is 23.1 Å². The summed E-state index contributed by atoms with van der Waals surface area (Å²) in [6.07, 6.45) is 0. The molecule has 1 aromatic heterocycles. The van der Waals surface area contributed by atoms with Gasteiger partial charge in [-0.3, -0.25) is 4.79 Å². The first-order valence-corrected chi connectivity index (χ1v) is 8.60. The fourth-order valence-electron chi connectivity index (χ4n) is 2.08. The van der Waals surface area contributed by atoms with Gasteiger partial charge in [0.2, 0.25) is 0 Å². The largest absolute Gasteiger partial charge is 0.293 e. The minimum absolute atomic E-state index is 0.227. The minimum Gasteiger partial charge on any atom is -0.293 e. The SMILES string of the molecule is Cc1cc(C(=O)CSc2ccc(C(C)C)cc2)c(C)s1. The molecule has 0 saturated heterocycles.